The third-order valence-corrected chi connectivity index (χ3v) is 3.92. The Hall–Kier alpha value is -2.11. The Labute approximate surface area is 136 Å². The molecule has 0 radical (unpaired) electrons. The van der Waals surface area contributed by atoms with Crippen molar-refractivity contribution in [2.75, 3.05) is 26.2 Å². The molecule has 1 aliphatic heterocycles. The molecule has 6 heteroatoms. The number of nitrogens with two attached hydrogens (primary N) is 1. The monoisotopic (exact) mass is 320 g/mol. The summed E-state index contributed by atoms with van der Waals surface area (Å²) in [5, 5.41) is 2.80. The molecule has 3 N–H and O–H groups in total. The molecule has 1 saturated heterocycles. The molecule has 0 atom stereocenters. The maximum atomic E-state index is 12.8. The van der Waals surface area contributed by atoms with Crippen LogP contribution in [0.2, 0.25) is 0 Å². The van der Waals surface area contributed by atoms with E-state index in [0.29, 0.717) is 19.0 Å². The van der Waals surface area contributed by atoms with Crippen LogP contribution in [0.15, 0.2) is 29.3 Å². The van der Waals surface area contributed by atoms with E-state index in [1.54, 1.807) is 12.1 Å². The minimum atomic E-state index is -0.299. The highest BCUT2D eigenvalue weighted by Gasteiger charge is 2.10. The zero-order valence-corrected chi connectivity index (χ0v) is 13.4. The average Bonchev–Trinajstić information content (AvgIpc) is 2.83. The van der Waals surface area contributed by atoms with Crippen LogP contribution in [-0.2, 0) is 11.2 Å². The van der Waals surface area contributed by atoms with E-state index < -0.39 is 0 Å². The van der Waals surface area contributed by atoms with Crippen molar-refractivity contribution in [1.29, 1.82) is 0 Å². The first-order chi connectivity index (χ1) is 11.1. The lowest BCUT2D eigenvalue weighted by molar-refractivity contribution is -0.120. The quantitative estimate of drug-likeness (QED) is 0.492. The summed E-state index contributed by atoms with van der Waals surface area (Å²) in [5.41, 5.74) is 6.79. The van der Waals surface area contributed by atoms with Gasteiger partial charge in [0, 0.05) is 19.6 Å². The minimum absolute atomic E-state index is 0.0971. The predicted molar refractivity (Wildman–Crippen MR) is 89.6 cm³/mol. The van der Waals surface area contributed by atoms with Crippen molar-refractivity contribution in [3.05, 3.63) is 35.6 Å². The van der Waals surface area contributed by atoms with E-state index in [9.17, 15) is 9.18 Å². The van der Waals surface area contributed by atoms with E-state index in [1.165, 1.54) is 25.0 Å². The van der Waals surface area contributed by atoms with Crippen LogP contribution in [-0.4, -0.2) is 42.9 Å². The zero-order chi connectivity index (χ0) is 16.5. The summed E-state index contributed by atoms with van der Waals surface area (Å²) in [6, 6.07) is 5.94. The van der Waals surface area contributed by atoms with Gasteiger partial charge in [0.2, 0.25) is 5.91 Å². The molecule has 23 heavy (non-hydrogen) atoms. The lowest BCUT2D eigenvalue weighted by Crippen LogP contribution is -2.38. The molecule has 0 bridgehead atoms. The molecular weight excluding hydrogens is 295 g/mol. The molecule has 0 spiro atoms. The summed E-state index contributed by atoms with van der Waals surface area (Å²) < 4.78 is 12.8. The van der Waals surface area contributed by atoms with Crippen LogP contribution < -0.4 is 11.1 Å². The van der Waals surface area contributed by atoms with Crippen LogP contribution in [0.4, 0.5) is 4.39 Å². The van der Waals surface area contributed by atoms with Crippen molar-refractivity contribution in [1.82, 2.24) is 10.2 Å². The zero-order valence-electron chi connectivity index (χ0n) is 13.4. The van der Waals surface area contributed by atoms with Gasteiger partial charge in [-0.25, -0.2) is 4.39 Å². The van der Waals surface area contributed by atoms with Gasteiger partial charge in [-0.05, 0) is 30.5 Å². The SMILES string of the molecule is NC(=NCCNC(=O)Cc1ccc(F)cc1)N1CCCCCC1. The van der Waals surface area contributed by atoms with Crippen molar-refractivity contribution in [2.45, 2.75) is 32.1 Å². The smallest absolute Gasteiger partial charge is 0.224 e. The number of amides is 1. The minimum Gasteiger partial charge on any atom is -0.370 e. The first-order valence-electron chi connectivity index (χ1n) is 8.21. The molecule has 0 saturated carbocycles. The maximum absolute atomic E-state index is 12.8. The number of nitrogens with one attached hydrogen (secondary N) is 1. The number of nitrogens with zero attached hydrogens (tertiary/aromatic N) is 2. The molecule has 1 aliphatic rings. The number of guanidine groups is 1. The van der Waals surface area contributed by atoms with Gasteiger partial charge < -0.3 is 16.0 Å². The van der Waals surface area contributed by atoms with Crippen LogP contribution in [0.25, 0.3) is 0 Å². The second kappa shape index (κ2) is 9.12. The van der Waals surface area contributed by atoms with Crippen LogP contribution in [0, 0.1) is 5.82 Å². The number of aliphatic imine (C=N–C) groups is 1. The second-order valence-corrected chi connectivity index (χ2v) is 5.79. The van der Waals surface area contributed by atoms with Gasteiger partial charge >= 0.3 is 0 Å². The van der Waals surface area contributed by atoms with Crippen molar-refractivity contribution in [2.24, 2.45) is 10.7 Å². The molecule has 2 rings (SSSR count). The summed E-state index contributed by atoms with van der Waals surface area (Å²) in [7, 11) is 0. The van der Waals surface area contributed by atoms with Crippen molar-refractivity contribution in [3.63, 3.8) is 0 Å². The Kier molecular flexibility index (Phi) is 6.84. The van der Waals surface area contributed by atoms with Gasteiger partial charge in [-0.1, -0.05) is 25.0 Å². The first kappa shape index (κ1) is 17.2. The maximum Gasteiger partial charge on any atom is 0.224 e. The van der Waals surface area contributed by atoms with E-state index >= 15 is 0 Å². The summed E-state index contributed by atoms with van der Waals surface area (Å²) >= 11 is 0. The Morgan fingerprint density at radius 1 is 1.17 bits per heavy atom. The number of benzene rings is 1. The highest BCUT2D eigenvalue weighted by atomic mass is 19.1. The Morgan fingerprint density at radius 2 is 1.83 bits per heavy atom. The number of hydrogen-bond acceptors (Lipinski definition) is 2. The average molecular weight is 320 g/mol. The predicted octanol–water partition coefficient (Wildman–Crippen LogP) is 1.68. The molecule has 0 aromatic heterocycles. The number of rotatable bonds is 5. The second-order valence-electron chi connectivity index (χ2n) is 5.79. The van der Waals surface area contributed by atoms with Crippen LogP contribution >= 0.6 is 0 Å². The molecule has 0 unspecified atom stereocenters. The van der Waals surface area contributed by atoms with Crippen molar-refractivity contribution < 1.29 is 9.18 Å². The number of carbonyl (C=O) groups is 1. The van der Waals surface area contributed by atoms with E-state index in [4.69, 9.17) is 5.73 Å². The lowest BCUT2D eigenvalue weighted by Gasteiger charge is -2.21. The third-order valence-electron chi connectivity index (χ3n) is 3.92. The normalized spacial score (nSPS) is 16.0. The summed E-state index contributed by atoms with van der Waals surface area (Å²) in [5.74, 6) is 0.173. The Bertz CT molecular complexity index is 522. The molecule has 1 aromatic carbocycles. The fourth-order valence-corrected chi connectivity index (χ4v) is 2.62. The van der Waals surface area contributed by atoms with Crippen LogP contribution in [0.1, 0.15) is 31.2 Å². The fraction of sp³-hybridized carbons (Fsp3) is 0.529. The molecular formula is C17H25FN4O. The molecule has 1 aromatic rings. The Morgan fingerprint density at radius 3 is 2.48 bits per heavy atom. The summed E-state index contributed by atoms with van der Waals surface area (Å²) in [6.07, 6.45) is 5.06. The van der Waals surface area contributed by atoms with E-state index in [2.05, 4.69) is 15.2 Å². The standard InChI is InChI=1S/C17H25FN4O/c18-15-7-5-14(6-8-15)13-16(23)20-9-10-21-17(19)22-11-3-1-2-4-12-22/h5-8H,1-4,9-13H2,(H2,19,21)(H,20,23). The molecule has 1 amide bonds. The molecule has 1 fully saturated rings. The summed E-state index contributed by atoms with van der Waals surface area (Å²) in [4.78, 5) is 18.2. The van der Waals surface area contributed by atoms with Crippen molar-refractivity contribution in [3.8, 4) is 0 Å². The van der Waals surface area contributed by atoms with Gasteiger partial charge in [0.05, 0.1) is 13.0 Å². The van der Waals surface area contributed by atoms with Gasteiger partial charge in [-0.2, -0.15) is 0 Å². The Balaban J connectivity index is 1.68. The number of halogens is 1. The third kappa shape index (κ3) is 6.26. The molecule has 0 aliphatic carbocycles. The van der Waals surface area contributed by atoms with E-state index in [-0.39, 0.29) is 18.1 Å². The fourth-order valence-electron chi connectivity index (χ4n) is 2.62. The number of likely N-dealkylation sites (tertiary alicyclic amines) is 1. The highest BCUT2D eigenvalue weighted by molar-refractivity contribution is 5.79. The highest BCUT2D eigenvalue weighted by Crippen LogP contribution is 2.09. The number of carbonyl (C=O) groups excluding carboxylic acids is 1. The van der Waals surface area contributed by atoms with Gasteiger partial charge in [0.25, 0.3) is 0 Å². The lowest BCUT2D eigenvalue weighted by atomic mass is 10.1. The molecule has 1 heterocycles. The topological polar surface area (TPSA) is 70.7 Å². The largest absolute Gasteiger partial charge is 0.370 e. The van der Waals surface area contributed by atoms with Gasteiger partial charge in [-0.15, -0.1) is 0 Å². The van der Waals surface area contributed by atoms with Crippen molar-refractivity contribution >= 4 is 11.9 Å². The van der Waals surface area contributed by atoms with Gasteiger partial charge in [-0.3, -0.25) is 9.79 Å². The van der Waals surface area contributed by atoms with Crippen LogP contribution in [0.3, 0.4) is 0 Å². The number of hydrogen-bond donors (Lipinski definition) is 2. The van der Waals surface area contributed by atoms with Gasteiger partial charge in [0.1, 0.15) is 5.82 Å². The van der Waals surface area contributed by atoms with E-state index in [0.717, 1.165) is 31.5 Å². The molecule has 5 nitrogen and oxygen atoms in total. The van der Waals surface area contributed by atoms with E-state index in [1.807, 2.05) is 0 Å². The first-order valence-corrected chi connectivity index (χ1v) is 8.21. The summed E-state index contributed by atoms with van der Waals surface area (Å²) in [6.45, 7) is 2.85. The van der Waals surface area contributed by atoms with Crippen LogP contribution in [0.5, 0.6) is 0 Å². The molecule has 126 valence electrons. The van der Waals surface area contributed by atoms with Gasteiger partial charge in [0.15, 0.2) is 5.96 Å².